The number of fused-ring (bicyclic) bond motifs is 2. The SMILES string of the molecule is CC(C)N1NC(C2CC3C=CC2C3)NN(C(C)C)C1=O. The van der Waals surface area contributed by atoms with Gasteiger partial charge in [-0.15, -0.1) is 0 Å². The monoisotopic (exact) mass is 278 g/mol. The van der Waals surface area contributed by atoms with Gasteiger partial charge < -0.3 is 0 Å². The molecule has 0 aromatic carbocycles. The summed E-state index contributed by atoms with van der Waals surface area (Å²) in [6, 6.07) is 0.329. The van der Waals surface area contributed by atoms with E-state index >= 15 is 0 Å². The zero-order valence-electron chi connectivity index (χ0n) is 12.8. The Morgan fingerprint density at radius 3 is 2.05 bits per heavy atom. The van der Waals surface area contributed by atoms with Gasteiger partial charge in [0.05, 0.1) is 6.17 Å². The highest BCUT2D eigenvalue weighted by Crippen LogP contribution is 2.44. The minimum Gasteiger partial charge on any atom is -0.254 e. The van der Waals surface area contributed by atoms with Crippen LogP contribution in [-0.2, 0) is 0 Å². The third kappa shape index (κ3) is 2.23. The molecule has 1 heterocycles. The van der Waals surface area contributed by atoms with Gasteiger partial charge in [-0.2, -0.15) is 0 Å². The minimum atomic E-state index is 0.0185. The molecule has 112 valence electrons. The van der Waals surface area contributed by atoms with Gasteiger partial charge in [0, 0.05) is 12.1 Å². The molecule has 0 spiro atoms. The van der Waals surface area contributed by atoms with Crippen LogP contribution in [-0.4, -0.2) is 34.3 Å². The van der Waals surface area contributed by atoms with E-state index in [0.29, 0.717) is 11.8 Å². The molecular weight excluding hydrogens is 252 g/mol. The summed E-state index contributed by atoms with van der Waals surface area (Å²) in [6.07, 6.45) is 7.37. The molecule has 5 nitrogen and oxygen atoms in total. The van der Waals surface area contributed by atoms with Crippen LogP contribution < -0.4 is 10.9 Å². The lowest BCUT2D eigenvalue weighted by Crippen LogP contribution is -2.73. The first-order valence-corrected chi connectivity index (χ1v) is 7.80. The summed E-state index contributed by atoms with van der Waals surface area (Å²) in [7, 11) is 0. The fourth-order valence-electron chi connectivity index (χ4n) is 3.69. The van der Waals surface area contributed by atoms with E-state index in [0.717, 1.165) is 5.92 Å². The largest absolute Gasteiger partial charge is 0.349 e. The fourth-order valence-corrected chi connectivity index (χ4v) is 3.69. The number of hydrogen-bond acceptors (Lipinski definition) is 3. The fraction of sp³-hybridized carbons (Fsp3) is 0.800. The Labute approximate surface area is 121 Å². The Kier molecular flexibility index (Phi) is 3.50. The number of hydrogen-bond donors (Lipinski definition) is 2. The maximum Gasteiger partial charge on any atom is 0.349 e. The number of nitrogens with one attached hydrogen (secondary N) is 2. The summed E-state index contributed by atoms with van der Waals surface area (Å²) in [5.41, 5.74) is 6.82. The van der Waals surface area contributed by atoms with E-state index < -0.39 is 0 Å². The van der Waals surface area contributed by atoms with E-state index in [1.807, 2.05) is 27.7 Å². The van der Waals surface area contributed by atoms with Gasteiger partial charge in [-0.25, -0.2) is 15.6 Å². The molecule has 2 bridgehead atoms. The Bertz CT molecular complexity index is 400. The van der Waals surface area contributed by atoms with Gasteiger partial charge in [-0.3, -0.25) is 10.0 Å². The molecule has 2 amide bonds. The lowest BCUT2D eigenvalue weighted by atomic mass is 9.91. The van der Waals surface area contributed by atoms with Gasteiger partial charge in [0.2, 0.25) is 0 Å². The number of amides is 2. The van der Waals surface area contributed by atoms with Gasteiger partial charge >= 0.3 is 6.03 Å². The predicted molar refractivity (Wildman–Crippen MR) is 78.2 cm³/mol. The quantitative estimate of drug-likeness (QED) is 0.777. The molecule has 1 saturated heterocycles. The molecule has 20 heavy (non-hydrogen) atoms. The Hall–Kier alpha value is -1.07. The minimum absolute atomic E-state index is 0.0185. The summed E-state index contributed by atoms with van der Waals surface area (Å²) in [4.78, 5) is 12.4. The van der Waals surface area contributed by atoms with Gasteiger partial charge in [0.25, 0.3) is 0 Å². The predicted octanol–water partition coefficient (Wildman–Crippen LogP) is 2.09. The summed E-state index contributed by atoms with van der Waals surface area (Å²) in [5, 5.41) is 3.55. The summed E-state index contributed by atoms with van der Waals surface area (Å²) in [5.74, 6) is 1.97. The number of carbonyl (C=O) groups excluding carboxylic acids is 1. The van der Waals surface area contributed by atoms with Crippen LogP contribution >= 0.6 is 0 Å². The molecule has 1 saturated carbocycles. The number of allylic oxidation sites excluding steroid dienone is 2. The number of hydrazine groups is 2. The number of nitrogens with zero attached hydrogens (tertiary/aromatic N) is 2. The summed E-state index contributed by atoms with van der Waals surface area (Å²) < 4.78 is 0. The smallest absolute Gasteiger partial charge is 0.254 e. The van der Waals surface area contributed by atoms with Crippen LogP contribution in [0.25, 0.3) is 0 Å². The van der Waals surface area contributed by atoms with Crippen molar-refractivity contribution in [3.63, 3.8) is 0 Å². The maximum atomic E-state index is 12.4. The average molecular weight is 278 g/mol. The number of urea groups is 1. The van der Waals surface area contributed by atoms with Crippen LogP contribution in [0.5, 0.6) is 0 Å². The van der Waals surface area contributed by atoms with E-state index in [9.17, 15) is 4.79 Å². The third-order valence-electron chi connectivity index (χ3n) is 4.76. The molecule has 2 N–H and O–H groups in total. The van der Waals surface area contributed by atoms with Gasteiger partial charge in [0.15, 0.2) is 0 Å². The molecule has 3 unspecified atom stereocenters. The van der Waals surface area contributed by atoms with Crippen molar-refractivity contribution >= 4 is 6.03 Å². The van der Waals surface area contributed by atoms with E-state index in [4.69, 9.17) is 0 Å². The Morgan fingerprint density at radius 2 is 1.65 bits per heavy atom. The molecule has 2 fully saturated rings. The topological polar surface area (TPSA) is 47.6 Å². The highest BCUT2D eigenvalue weighted by atomic mass is 16.2. The van der Waals surface area contributed by atoms with Gasteiger partial charge in [-0.1, -0.05) is 12.2 Å². The first kappa shape index (κ1) is 13.9. The molecule has 0 aromatic rings. The van der Waals surface area contributed by atoms with Crippen molar-refractivity contribution < 1.29 is 4.79 Å². The van der Waals surface area contributed by atoms with Crippen molar-refractivity contribution in [2.24, 2.45) is 17.8 Å². The molecule has 5 heteroatoms. The lowest BCUT2D eigenvalue weighted by molar-refractivity contribution is -0.0168. The molecule has 2 aliphatic carbocycles. The van der Waals surface area contributed by atoms with Crippen molar-refractivity contribution in [3.8, 4) is 0 Å². The maximum absolute atomic E-state index is 12.4. The van der Waals surface area contributed by atoms with Crippen LogP contribution in [0.15, 0.2) is 12.2 Å². The molecule has 3 atom stereocenters. The summed E-state index contributed by atoms with van der Waals surface area (Å²) >= 11 is 0. The average Bonchev–Trinajstić information content (AvgIpc) is 3.00. The second-order valence-corrected chi connectivity index (χ2v) is 6.89. The van der Waals surface area contributed by atoms with Crippen molar-refractivity contribution in [1.29, 1.82) is 0 Å². The zero-order valence-corrected chi connectivity index (χ0v) is 12.8. The molecular formula is C15H26N4O. The second kappa shape index (κ2) is 5.04. The standard InChI is InChI=1S/C15H26N4O/c1-9(2)18-15(20)19(10(3)4)17-14(16-18)13-8-11-5-6-12(13)7-11/h5-6,9-14,16-17H,7-8H2,1-4H3. The van der Waals surface area contributed by atoms with Crippen LogP contribution in [0.4, 0.5) is 4.79 Å². The first-order valence-electron chi connectivity index (χ1n) is 7.80. The normalized spacial score (nSPS) is 34.1. The van der Waals surface area contributed by atoms with Gasteiger partial charge in [-0.05, 0) is 58.3 Å². The molecule has 0 aromatic heterocycles. The number of rotatable bonds is 3. The van der Waals surface area contributed by atoms with E-state index in [1.165, 1.54) is 12.8 Å². The second-order valence-electron chi connectivity index (χ2n) is 6.89. The van der Waals surface area contributed by atoms with Crippen molar-refractivity contribution in [2.75, 3.05) is 0 Å². The zero-order chi connectivity index (χ0) is 14.4. The number of carbonyl (C=O) groups is 1. The summed E-state index contributed by atoms with van der Waals surface area (Å²) in [6.45, 7) is 8.19. The lowest BCUT2D eigenvalue weighted by Gasteiger charge is -2.47. The molecule has 3 rings (SSSR count). The highest BCUT2D eigenvalue weighted by Gasteiger charge is 2.44. The van der Waals surface area contributed by atoms with E-state index in [-0.39, 0.29) is 24.3 Å². The van der Waals surface area contributed by atoms with E-state index in [2.05, 4.69) is 23.0 Å². The Morgan fingerprint density at radius 1 is 1.05 bits per heavy atom. The van der Waals surface area contributed by atoms with Crippen LogP contribution in [0, 0.1) is 17.8 Å². The molecule has 0 radical (unpaired) electrons. The molecule has 1 aliphatic heterocycles. The third-order valence-corrected chi connectivity index (χ3v) is 4.76. The van der Waals surface area contributed by atoms with Crippen molar-refractivity contribution in [3.05, 3.63) is 12.2 Å². The van der Waals surface area contributed by atoms with Crippen LogP contribution in [0.1, 0.15) is 40.5 Å². The molecule has 3 aliphatic rings. The van der Waals surface area contributed by atoms with Crippen LogP contribution in [0.2, 0.25) is 0 Å². The highest BCUT2D eigenvalue weighted by molar-refractivity contribution is 5.74. The first-order chi connectivity index (χ1) is 9.47. The Balaban J connectivity index is 1.78. The van der Waals surface area contributed by atoms with Crippen molar-refractivity contribution in [1.82, 2.24) is 20.9 Å². The van der Waals surface area contributed by atoms with E-state index in [1.54, 1.807) is 10.0 Å². The van der Waals surface area contributed by atoms with Gasteiger partial charge in [0.1, 0.15) is 0 Å². The van der Waals surface area contributed by atoms with Crippen LogP contribution in [0.3, 0.4) is 0 Å². The van der Waals surface area contributed by atoms with Crippen molar-refractivity contribution in [2.45, 2.75) is 58.8 Å².